The molecule has 5 nitrogen and oxygen atoms in total. The summed E-state index contributed by atoms with van der Waals surface area (Å²) in [5, 5.41) is 7.27. The molecule has 106 valence electrons. The highest BCUT2D eigenvalue weighted by molar-refractivity contribution is 5.88. The maximum Gasteiger partial charge on any atom is 0.128 e. The van der Waals surface area contributed by atoms with Crippen LogP contribution in [-0.2, 0) is 0 Å². The zero-order chi connectivity index (χ0) is 14.8. The Balaban J connectivity index is 1.73. The Morgan fingerprint density at radius 2 is 1.77 bits per heavy atom. The second-order valence-corrected chi connectivity index (χ2v) is 4.80. The van der Waals surface area contributed by atoms with Crippen molar-refractivity contribution in [1.82, 2.24) is 20.2 Å². The van der Waals surface area contributed by atoms with Gasteiger partial charge in [0.1, 0.15) is 34.6 Å². The highest BCUT2D eigenvalue weighted by Gasteiger charge is 2.10. The standard InChI is InChI=1S/C17H12N4O/c1-2-6-13(7-3-1)22-14-8-4-5-12(9-14)16-17-15(20-21-16)10-18-11-19-17/h1-11H,(H,20,21). The number of nitrogens with zero attached hydrogens (tertiary/aromatic N) is 3. The third-order valence-corrected chi connectivity index (χ3v) is 3.31. The largest absolute Gasteiger partial charge is 0.457 e. The van der Waals surface area contributed by atoms with E-state index in [0.717, 1.165) is 33.8 Å². The zero-order valence-corrected chi connectivity index (χ0v) is 11.6. The molecule has 0 aliphatic heterocycles. The summed E-state index contributed by atoms with van der Waals surface area (Å²) in [5.74, 6) is 1.56. The number of para-hydroxylation sites is 1. The molecule has 0 aliphatic carbocycles. The Morgan fingerprint density at radius 3 is 2.68 bits per heavy atom. The number of aromatic nitrogens is 4. The molecule has 0 amide bonds. The predicted octanol–water partition coefficient (Wildman–Crippen LogP) is 3.81. The second kappa shape index (κ2) is 5.29. The summed E-state index contributed by atoms with van der Waals surface area (Å²) in [5.41, 5.74) is 3.34. The van der Waals surface area contributed by atoms with Crippen molar-refractivity contribution in [3.05, 3.63) is 67.1 Å². The van der Waals surface area contributed by atoms with Gasteiger partial charge in [-0.1, -0.05) is 30.3 Å². The number of H-pyrrole nitrogens is 1. The van der Waals surface area contributed by atoms with Crippen LogP contribution in [-0.4, -0.2) is 20.2 Å². The van der Waals surface area contributed by atoms with Crippen LogP contribution in [0.25, 0.3) is 22.3 Å². The Hall–Kier alpha value is -3.21. The van der Waals surface area contributed by atoms with Crippen molar-refractivity contribution in [2.75, 3.05) is 0 Å². The normalized spacial score (nSPS) is 10.7. The molecule has 1 N–H and O–H groups in total. The van der Waals surface area contributed by atoms with Gasteiger partial charge in [-0.05, 0) is 24.3 Å². The lowest BCUT2D eigenvalue weighted by Crippen LogP contribution is -1.86. The molecule has 0 fully saturated rings. The van der Waals surface area contributed by atoms with Crippen LogP contribution < -0.4 is 4.74 Å². The molecule has 2 aromatic carbocycles. The van der Waals surface area contributed by atoms with Crippen LogP contribution in [0.1, 0.15) is 0 Å². The molecule has 0 aliphatic rings. The fraction of sp³-hybridized carbons (Fsp3) is 0. The molecule has 0 unspecified atom stereocenters. The van der Waals surface area contributed by atoms with Crippen LogP contribution in [0, 0.1) is 0 Å². The van der Waals surface area contributed by atoms with Gasteiger partial charge in [-0.2, -0.15) is 5.10 Å². The molecule has 2 aromatic heterocycles. The van der Waals surface area contributed by atoms with E-state index in [9.17, 15) is 0 Å². The Labute approximate surface area is 126 Å². The summed E-state index contributed by atoms with van der Waals surface area (Å²) in [6, 6.07) is 17.5. The smallest absolute Gasteiger partial charge is 0.128 e. The molecule has 4 aromatic rings. The lowest BCUT2D eigenvalue weighted by molar-refractivity contribution is 0.483. The van der Waals surface area contributed by atoms with E-state index < -0.39 is 0 Å². The van der Waals surface area contributed by atoms with E-state index >= 15 is 0 Å². The van der Waals surface area contributed by atoms with Gasteiger partial charge in [-0.15, -0.1) is 0 Å². The number of hydrogen-bond donors (Lipinski definition) is 1. The molecule has 0 bridgehead atoms. The van der Waals surface area contributed by atoms with E-state index in [1.165, 1.54) is 6.33 Å². The van der Waals surface area contributed by atoms with E-state index in [-0.39, 0.29) is 0 Å². The predicted molar refractivity (Wildman–Crippen MR) is 83.6 cm³/mol. The third kappa shape index (κ3) is 2.29. The van der Waals surface area contributed by atoms with E-state index in [4.69, 9.17) is 4.74 Å². The second-order valence-electron chi connectivity index (χ2n) is 4.80. The summed E-state index contributed by atoms with van der Waals surface area (Å²) in [4.78, 5) is 8.27. The monoisotopic (exact) mass is 288 g/mol. The van der Waals surface area contributed by atoms with Gasteiger partial charge in [-0.25, -0.2) is 9.97 Å². The fourth-order valence-electron chi connectivity index (χ4n) is 2.30. The van der Waals surface area contributed by atoms with Gasteiger partial charge in [-0.3, -0.25) is 5.10 Å². The maximum atomic E-state index is 5.86. The van der Waals surface area contributed by atoms with Crippen molar-refractivity contribution in [3.8, 4) is 22.8 Å². The Bertz CT molecular complexity index is 918. The lowest BCUT2D eigenvalue weighted by Gasteiger charge is -2.06. The van der Waals surface area contributed by atoms with Crippen molar-refractivity contribution in [2.45, 2.75) is 0 Å². The number of ether oxygens (including phenoxy) is 1. The highest BCUT2D eigenvalue weighted by atomic mass is 16.5. The number of benzene rings is 2. The van der Waals surface area contributed by atoms with Gasteiger partial charge in [0.25, 0.3) is 0 Å². The number of fused-ring (bicyclic) bond motifs is 1. The summed E-state index contributed by atoms with van der Waals surface area (Å²) < 4.78 is 5.86. The summed E-state index contributed by atoms with van der Waals surface area (Å²) in [6.45, 7) is 0. The van der Waals surface area contributed by atoms with E-state index in [0.29, 0.717) is 0 Å². The minimum absolute atomic E-state index is 0.758. The van der Waals surface area contributed by atoms with E-state index in [1.807, 2.05) is 54.6 Å². The van der Waals surface area contributed by atoms with E-state index in [2.05, 4.69) is 20.2 Å². The number of aromatic amines is 1. The average Bonchev–Trinajstić information content (AvgIpc) is 3.00. The van der Waals surface area contributed by atoms with Gasteiger partial charge in [0.2, 0.25) is 0 Å². The minimum atomic E-state index is 0.758. The summed E-state index contributed by atoms with van der Waals surface area (Å²) in [6.07, 6.45) is 3.23. The molecule has 0 saturated heterocycles. The van der Waals surface area contributed by atoms with Crippen molar-refractivity contribution in [2.24, 2.45) is 0 Å². The number of hydrogen-bond acceptors (Lipinski definition) is 4. The Morgan fingerprint density at radius 1 is 0.909 bits per heavy atom. The van der Waals surface area contributed by atoms with Crippen LogP contribution in [0.4, 0.5) is 0 Å². The first-order valence-corrected chi connectivity index (χ1v) is 6.87. The fourth-order valence-corrected chi connectivity index (χ4v) is 2.30. The van der Waals surface area contributed by atoms with Gasteiger partial charge in [0.05, 0.1) is 6.20 Å². The van der Waals surface area contributed by atoms with Gasteiger partial charge >= 0.3 is 0 Å². The number of rotatable bonds is 3. The SMILES string of the molecule is c1ccc(Oc2cccc(-c3n[nH]c4cncnc34)c2)cc1. The van der Waals surface area contributed by atoms with Crippen molar-refractivity contribution in [3.63, 3.8) is 0 Å². The molecule has 0 saturated carbocycles. The quantitative estimate of drug-likeness (QED) is 0.622. The van der Waals surface area contributed by atoms with Gasteiger partial charge < -0.3 is 4.74 Å². The van der Waals surface area contributed by atoms with Gasteiger partial charge in [0.15, 0.2) is 0 Å². The molecular weight excluding hydrogens is 276 g/mol. The molecule has 0 radical (unpaired) electrons. The first-order valence-electron chi connectivity index (χ1n) is 6.87. The molecule has 0 spiro atoms. The number of nitrogens with one attached hydrogen (secondary N) is 1. The molecule has 22 heavy (non-hydrogen) atoms. The molecule has 2 heterocycles. The third-order valence-electron chi connectivity index (χ3n) is 3.31. The lowest BCUT2D eigenvalue weighted by atomic mass is 10.1. The van der Waals surface area contributed by atoms with Crippen molar-refractivity contribution >= 4 is 11.0 Å². The zero-order valence-electron chi connectivity index (χ0n) is 11.6. The molecule has 0 atom stereocenters. The topological polar surface area (TPSA) is 63.7 Å². The first-order chi connectivity index (χ1) is 10.9. The van der Waals surface area contributed by atoms with Crippen LogP contribution in [0.5, 0.6) is 11.5 Å². The van der Waals surface area contributed by atoms with Crippen LogP contribution >= 0.6 is 0 Å². The van der Waals surface area contributed by atoms with Crippen LogP contribution in [0.2, 0.25) is 0 Å². The molecule has 5 heteroatoms. The van der Waals surface area contributed by atoms with Gasteiger partial charge in [0, 0.05) is 5.56 Å². The minimum Gasteiger partial charge on any atom is -0.457 e. The first kappa shape index (κ1) is 12.5. The van der Waals surface area contributed by atoms with Crippen LogP contribution in [0.15, 0.2) is 67.1 Å². The van der Waals surface area contributed by atoms with Crippen molar-refractivity contribution < 1.29 is 4.74 Å². The van der Waals surface area contributed by atoms with Crippen molar-refractivity contribution in [1.29, 1.82) is 0 Å². The van der Waals surface area contributed by atoms with E-state index in [1.54, 1.807) is 6.20 Å². The van der Waals surface area contributed by atoms with Crippen LogP contribution in [0.3, 0.4) is 0 Å². The maximum absolute atomic E-state index is 5.86. The summed E-state index contributed by atoms with van der Waals surface area (Å²) in [7, 11) is 0. The Kier molecular flexibility index (Phi) is 3.01. The summed E-state index contributed by atoms with van der Waals surface area (Å²) >= 11 is 0. The molecule has 4 rings (SSSR count). The highest BCUT2D eigenvalue weighted by Crippen LogP contribution is 2.29. The molecular formula is C17H12N4O. The average molecular weight is 288 g/mol.